The molecule has 2 aromatic rings. The van der Waals surface area contributed by atoms with E-state index < -0.39 is 12.1 Å². The number of rotatable bonds is 4. The standard InChI is InChI=1S/C20H23N3O2/c1-2-21-20(25)22-19(24)18(16-9-4-3-5-10-16)23-13-12-15-8-6-7-11-17(15)14-23/h3-11,18H,2,12-14H2,1H3,(H2,21,22,24,25)/t18-/m1/s1. The summed E-state index contributed by atoms with van der Waals surface area (Å²) in [6.07, 6.45) is 0.897. The van der Waals surface area contributed by atoms with E-state index in [0.717, 1.165) is 18.5 Å². The van der Waals surface area contributed by atoms with Crippen molar-refractivity contribution in [1.29, 1.82) is 0 Å². The molecule has 3 rings (SSSR count). The van der Waals surface area contributed by atoms with Crippen LogP contribution in [0.15, 0.2) is 54.6 Å². The molecule has 0 radical (unpaired) electrons. The molecule has 0 aliphatic carbocycles. The van der Waals surface area contributed by atoms with Gasteiger partial charge in [-0.15, -0.1) is 0 Å². The first-order valence-corrected chi connectivity index (χ1v) is 8.63. The third-order valence-electron chi connectivity index (χ3n) is 4.46. The summed E-state index contributed by atoms with van der Waals surface area (Å²) in [5.74, 6) is -0.295. The highest BCUT2D eigenvalue weighted by Gasteiger charge is 2.31. The Labute approximate surface area is 148 Å². The monoisotopic (exact) mass is 337 g/mol. The van der Waals surface area contributed by atoms with Gasteiger partial charge in [-0.05, 0) is 30.0 Å². The zero-order valence-electron chi connectivity index (χ0n) is 14.4. The van der Waals surface area contributed by atoms with Crippen LogP contribution in [0.2, 0.25) is 0 Å². The second-order valence-corrected chi connectivity index (χ2v) is 6.15. The Kier molecular flexibility index (Phi) is 5.46. The number of hydrogen-bond donors (Lipinski definition) is 2. The van der Waals surface area contributed by atoms with Crippen molar-refractivity contribution in [3.05, 3.63) is 71.3 Å². The fraction of sp³-hybridized carbons (Fsp3) is 0.300. The largest absolute Gasteiger partial charge is 0.338 e. The summed E-state index contributed by atoms with van der Waals surface area (Å²) in [7, 11) is 0. The number of benzene rings is 2. The number of imide groups is 1. The zero-order chi connectivity index (χ0) is 17.6. The van der Waals surface area contributed by atoms with Crippen LogP contribution < -0.4 is 10.6 Å². The number of nitrogens with one attached hydrogen (secondary N) is 2. The second kappa shape index (κ2) is 7.94. The van der Waals surface area contributed by atoms with Crippen LogP contribution in [0.3, 0.4) is 0 Å². The number of amides is 3. The van der Waals surface area contributed by atoms with Crippen LogP contribution in [0.5, 0.6) is 0 Å². The van der Waals surface area contributed by atoms with Gasteiger partial charge in [0.15, 0.2) is 0 Å². The molecule has 0 bridgehead atoms. The van der Waals surface area contributed by atoms with Crippen LogP contribution >= 0.6 is 0 Å². The van der Waals surface area contributed by atoms with E-state index in [1.165, 1.54) is 11.1 Å². The Morgan fingerprint density at radius 1 is 1.04 bits per heavy atom. The van der Waals surface area contributed by atoms with Crippen molar-refractivity contribution in [3.63, 3.8) is 0 Å². The quantitative estimate of drug-likeness (QED) is 0.902. The van der Waals surface area contributed by atoms with E-state index in [-0.39, 0.29) is 5.91 Å². The normalized spacial score (nSPS) is 15.1. The lowest BCUT2D eigenvalue weighted by molar-refractivity contribution is -0.126. The van der Waals surface area contributed by atoms with Crippen LogP contribution in [-0.2, 0) is 17.8 Å². The predicted molar refractivity (Wildman–Crippen MR) is 97.0 cm³/mol. The van der Waals surface area contributed by atoms with Crippen molar-refractivity contribution in [2.24, 2.45) is 0 Å². The molecule has 2 N–H and O–H groups in total. The van der Waals surface area contributed by atoms with Gasteiger partial charge in [0.05, 0.1) is 0 Å². The summed E-state index contributed by atoms with van der Waals surface area (Å²) in [5.41, 5.74) is 3.46. The highest BCUT2D eigenvalue weighted by molar-refractivity contribution is 5.97. The van der Waals surface area contributed by atoms with E-state index >= 15 is 0 Å². The molecule has 0 fully saturated rings. The number of nitrogens with zero attached hydrogens (tertiary/aromatic N) is 1. The van der Waals surface area contributed by atoms with Gasteiger partial charge in [0.1, 0.15) is 6.04 Å². The van der Waals surface area contributed by atoms with Gasteiger partial charge in [-0.25, -0.2) is 4.79 Å². The number of fused-ring (bicyclic) bond motifs is 1. The molecule has 1 atom stereocenters. The van der Waals surface area contributed by atoms with Gasteiger partial charge in [0, 0.05) is 19.6 Å². The highest BCUT2D eigenvalue weighted by Crippen LogP contribution is 2.28. The van der Waals surface area contributed by atoms with Crippen LogP contribution in [0.4, 0.5) is 4.79 Å². The molecule has 0 saturated heterocycles. The van der Waals surface area contributed by atoms with Crippen molar-refractivity contribution < 1.29 is 9.59 Å². The molecule has 1 aliphatic heterocycles. The predicted octanol–water partition coefficient (Wildman–Crippen LogP) is 2.63. The SMILES string of the molecule is CCNC(=O)NC(=O)[C@@H](c1ccccc1)N1CCc2ccccc2C1. The first-order valence-electron chi connectivity index (χ1n) is 8.63. The number of carbonyl (C=O) groups is 2. The van der Waals surface area contributed by atoms with E-state index in [1.54, 1.807) is 0 Å². The molecule has 5 heteroatoms. The third-order valence-corrected chi connectivity index (χ3v) is 4.46. The molecule has 1 heterocycles. The summed E-state index contributed by atoms with van der Waals surface area (Å²) >= 11 is 0. The van der Waals surface area contributed by atoms with Crippen molar-refractivity contribution >= 4 is 11.9 Å². The zero-order valence-corrected chi connectivity index (χ0v) is 14.4. The fourth-order valence-corrected chi connectivity index (χ4v) is 3.29. The van der Waals surface area contributed by atoms with Gasteiger partial charge in [-0.2, -0.15) is 0 Å². The summed E-state index contributed by atoms with van der Waals surface area (Å²) in [6, 6.07) is 17.0. The number of hydrogen-bond acceptors (Lipinski definition) is 3. The Morgan fingerprint density at radius 2 is 1.72 bits per heavy atom. The molecule has 0 spiro atoms. The molecule has 5 nitrogen and oxygen atoms in total. The van der Waals surface area contributed by atoms with Crippen molar-refractivity contribution in [1.82, 2.24) is 15.5 Å². The van der Waals surface area contributed by atoms with Gasteiger partial charge in [-0.1, -0.05) is 54.6 Å². The summed E-state index contributed by atoms with van der Waals surface area (Å²) in [4.78, 5) is 26.8. The molecular weight excluding hydrogens is 314 g/mol. The lowest BCUT2D eigenvalue weighted by Crippen LogP contribution is -2.47. The summed E-state index contributed by atoms with van der Waals surface area (Å²) < 4.78 is 0. The molecule has 3 amide bonds. The maximum Gasteiger partial charge on any atom is 0.321 e. The maximum atomic E-state index is 12.8. The van der Waals surface area contributed by atoms with Gasteiger partial charge in [0.2, 0.25) is 5.91 Å². The molecule has 25 heavy (non-hydrogen) atoms. The summed E-state index contributed by atoms with van der Waals surface area (Å²) in [5, 5.41) is 5.08. The smallest absolute Gasteiger partial charge is 0.321 e. The average molecular weight is 337 g/mol. The van der Waals surface area contributed by atoms with E-state index in [9.17, 15) is 9.59 Å². The molecule has 1 aliphatic rings. The molecular formula is C20H23N3O2. The van der Waals surface area contributed by atoms with Crippen LogP contribution in [0.1, 0.15) is 29.7 Å². The molecule has 2 aromatic carbocycles. The van der Waals surface area contributed by atoms with Crippen molar-refractivity contribution in [2.45, 2.75) is 25.9 Å². The molecule has 130 valence electrons. The minimum Gasteiger partial charge on any atom is -0.338 e. The first-order chi connectivity index (χ1) is 12.2. The van der Waals surface area contributed by atoms with Crippen LogP contribution in [0, 0.1) is 0 Å². The fourth-order valence-electron chi connectivity index (χ4n) is 3.29. The van der Waals surface area contributed by atoms with Gasteiger partial charge in [-0.3, -0.25) is 15.0 Å². The lowest BCUT2D eigenvalue weighted by atomic mass is 9.96. The minimum atomic E-state index is -0.489. The van der Waals surface area contributed by atoms with E-state index in [2.05, 4.69) is 27.7 Å². The third kappa shape index (κ3) is 4.06. The minimum absolute atomic E-state index is 0.295. The van der Waals surface area contributed by atoms with Crippen LogP contribution in [0.25, 0.3) is 0 Å². The molecule has 0 saturated carbocycles. The van der Waals surface area contributed by atoms with E-state index in [1.807, 2.05) is 49.4 Å². The van der Waals surface area contributed by atoms with Crippen molar-refractivity contribution in [3.8, 4) is 0 Å². The lowest BCUT2D eigenvalue weighted by Gasteiger charge is -2.34. The maximum absolute atomic E-state index is 12.8. The van der Waals surface area contributed by atoms with Gasteiger partial charge < -0.3 is 5.32 Å². The average Bonchev–Trinajstić information content (AvgIpc) is 2.63. The number of carbonyl (C=O) groups excluding carboxylic acids is 2. The Balaban J connectivity index is 1.85. The Bertz CT molecular complexity index is 746. The topological polar surface area (TPSA) is 61.4 Å². The first kappa shape index (κ1) is 17.2. The van der Waals surface area contributed by atoms with Crippen LogP contribution in [-0.4, -0.2) is 29.9 Å². The molecule has 0 unspecified atom stereocenters. The van der Waals surface area contributed by atoms with Gasteiger partial charge >= 0.3 is 6.03 Å². The van der Waals surface area contributed by atoms with E-state index in [4.69, 9.17) is 0 Å². The van der Waals surface area contributed by atoms with Crippen molar-refractivity contribution in [2.75, 3.05) is 13.1 Å². The van der Waals surface area contributed by atoms with E-state index in [0.29, 0.717) is 13.1 Å². The highest BCUT2D eigenvalue weighted by atomic mass is 16.2. The summed E-state index contributed by atoms with van der Waals surface area (Å²) in [6.45, 7) is 3.77. The Hall–Kier alpha value is -2.66. The second-order valence-electron chi connectivity index (χ2n) is 6.15. The van der Waals surface area contributed by atoms with Gasteiger partial charge in [0.25, 0.3) is 0 Å². The molecule has 0 aromatic heterocycles. The Morgan fingerprint density at radius 3 is 2.44 bits per heavy atom. The number of urea groups is 1.